The molecule has 6 aromatic rings. The molecule has 7 rings (SSSR count). The second-order valence-electron chi connectivity index (χ2n) is 12.4. The van der Waals surface area contributed by atoms with E-state index in [-0.39, 0.29) is 38.2 Å². The standard InChI is InChI=1S/C42H30Cl2N2O9/c43-28-16-19-30(20-17-28)45-38(48)32-23-46(33-21-18-29(44)22-31(33)35(32)47)39-37(55-42(51)27-14-8-3-9-15-27)36(54-41(50)26-12-6-2-7-13-26)34(53-39)24-52-40(49)25-10-4-1-5-11-25/h1-23,34,36-37,39H,24H2,(H,45,48)/t34-,36-,37-,39-/m1/s1. The van der Waals surface area contributed by atoms with Gasteiger partial charge in [-0.25, -0.2) is 14.4 Å². The highest BCUT2D eigenvalue weighted by molar-refractivity contribution is 6.31. The number of hydrogen-bond donors (Lipinski definition) is 1. The third kappa shape index (κ3) is 8.29. The molecule has 0 saturated carbocycles. The molecule has 1 fully saturated rings. The van der Waals surface area contributed by atoms with Gasteiger partial charge in [0.2, 0.25) is 5.43 Å². The first kappa shape index (κ1) is 37.1. The van der Waals surface area contributed by atoms with E-state index in [9.17, 15) is 24.0 Å². The summed E-state index contributed by atoms with van der Waals surface area (Å²) >= 11 is 12.4. The maximum absolute atomic E-state index is 13.9. The molecule has 1 aliphatic heterocycles. The number of halogens is 2. The van der Waals surface area contributed by atoms with Gasteiger partial charge in [0.15, 0.2) is 18.4 Å². The number of nitrogens with one attached hydrogen (secondary N) is 1. The Morgan fingerprint density at radius 1 is 0.655 bits per heavy atom. The van der Waals surface area contributed by atoms with Gasteiger partial charge in [0, 0.05) is 27.3 Å². The van der Waals surface area contributed by atoms with Crippen molar-refractivity contribution in [3.8, 4) is 0 Å². The van der Waals surface area contributed by atoms with Gasteiger partial charge in [0.1, 0.15) is 18.3 Å². The molecule has 0 spiro atoms. The fraction of sp³-hybridized carbons (Fsp3) is 0.119. The van der Waals surface area contributed by atoms with Crippen LogP contribution in [0.25, 0.3) is 10.9 Å². The van der Waals surface area contributed by atoms with Gasteiger partial charge in [-0.15, -0.1) is 0 Å². The fourth-order valence-electron chi connectivity index (χ4n) is 6.11. The van der Waals surface area contributed by atoms with Crippen LogP contribution in [0.1, 0.15) is 47.7 Å². The summed E-state index contributed by atoms with van der Waals surface area (Å²) in [7, 11) is 0. The van der Waals surface area contributed by atoms with E-state index < -0.39 is 60.4 Å². The first-order valence-corrected chi connectivity index (χ1v) is 17.7. The number of pyridine rings is 1. The third-order valence-electron chi connectivity index (χ3n) is 8.79. The summed E-state index contributed by atoms with van der Waals surface area (Å²) in [6.07, 6.45) is -4.09. The maximum atomic E-state index is 13.9. The predicted molar refractivity (Wildman–Crippen MR) is 205 cm³/mol. The molecule has 0 unspecified atom stereocenters. The summed E-state index contributed by atoms with van der Waals surface area (Å²) in [6, 6.07) is 35.3. The molecular formula is C42H30Cl2N2O9. The van der Waals surface area contributed by atoms with E-state index in [1.165, 1.54) is 16.8 Å². The van der Waals surface area contributed by atoms with E-state index in [4.69, 9.17) is 42.1 Å². The minimum Gasteiger partial charge on any atom is -0.459 e. The quantitative estimate of drug-likeness (QED) is 0.109. The van der Waals surface area contributed by atoms with Crippen LogP contribution in [0.4, 0.5) is 5.69 Å². The zero-order valence-electron chi connectivity index (χ0n) is 28.7. The summed E-state index contributed by atoms with van der Waals surface area (Å²) in [5, 5.41) is 3.41. The third-order valence-corrected chi connectivity index (χ3v) is 9.28. The van der Waals surface area contributed by atoms with Crippen molar-refractivity contribution < 1.29 is 38.1 Å². The molecule has 1 amide bonds. The molecule has 0 aliphatic carbocycles. The Labute approximate surface area is 323 Å². The molecule has 55 heavy (non-hydrogen) atoms. The van der Waals surface area contributed by atoms with E-state index in [1.54, 1.807) is 127 Å². The number of amides is 1. The molecule has 276 valence electrons. The number of carbonyl (C=O) groups excluding carboxylic acids is 4. The Morgan fingerprint density at radius 3 is 1.76 bits per heavy atom. The zero-order valence-corrected chi connectivity index (χ0v) is 30.2. The van der Waals surface area contributed by atoms with Crippen LogP contribution in [-0.2, 0) is 18.9 Å². The predicted octanol–water partition coefficient (Wildman–Crippen LogP) is 7.77. The maximum Gasteiger partial charge on any atom is 0.338 e. The zero-order chi connectivity index (χ0) is 38.5. The van der Waals surface area contributed by atoms with Crippen LogP contribution >= 0.6 is 23.2 Å². The van der Waals surface area contributed by atoms with E-state index in [0.29, 0.717) is 10.7 Å². The number of hydrogen-bond acceptors (Lipinski definition) is 9. The Kier molecular flexibility index (Phi) is 11.0. The van der Waals surface area contributed by atoms with Crippen LogP contribution in [0, 0.1) is 0 Å². The molecule has 0 bridgehead atoms. The van der Waals surface area contributed by atoms with Crippen LogP contribution in [0.2, 0.25) is 10.0 Å². The second-order valence-corrected chi connectivity index (χ2v) is 13.3. The summed E-state index contributed by atoms with van der Waals surface area (Å²) in [5.41, 5.74) is 0.317. The van der Waals surface area contributed by atoms with Gasteiger partial charge >= 0.3 is 17.9 Å². The molecule has 1 N–H and O–H groups in total. The van der Waals surface area contributed by atoms with Crippen LogP contribution < -0.4 is 10.7 Å². The SMILES string of the molecule is O=C(OC[C@H]1O[C@@H](n2cc(C(=O)Nc3ccc(Cl)cc3)c(=O)c3cc(Cl)ccc32)[C@H](OC(=O)c2ccccc2)[C@@H]1OC(=O)c1ccccc1)c1ccccc1. The lowest BCUT2D eigenvalue weighted by Gasteiger charge is -2.26. The minimum atomic E-state index is -1.42. The van der Waals surface area contributed by atoms with E-state index >= 15 is 0 Å². The average Bonchev–Trinajstić information content (AvgIpc) is 3.54. The molecule has 2 heterocycles. The highest BCUT2D eigenvalue weighted by Crippen LogP contribution is 2.37. The van der Waals surface area contributed by atoms with Crippen molar-refractivity contribution in [2.75, 3.05) is 11.9 Å². The van der Waals surface area contributed by atoms with Crippen LogP contribution in [-0.4, -0.2) is 53.3 Å². The van der Waals surface area contributed by atoms with Crippen LogP contribution in [0.15, 0.2) is 144 Å². The van der Waals surface area contributed by atoms with Crippen molar-refractivity contribution in [3.63, 3.8) is 0 Å². The van der Waals surface area contributed by atoms with Crippen molar-refractivity contribution in [1.82, 2.24) is 4.57 Å². The Morgan fingerprint density at radius 2 is 1.18 bits per heavy atom. The fourth-order valence-corrected chi connectivity index (χ4v) is 6.41. The smallest absolute Gasteiger partial charge is 0.338 e. The van der Waals surface area contributed by atoms with E-state index in [0.717, 1.165) is 0 Å². The molecule has 1 aliphatic rings. The van der Waals surface area contributed by atoms with Crippen LogP contribution in [0.3, 0.4) is 0 Å². The van der Waals surface area contributed by atoms with Gasteiger partial charge in [0.25, 0.3) is 5.91 Å². The monoisotopic (exact) mass is 776 g/mol. The summed E-state index contributed by atoms with van der Waals surface area (Å²) in [6.45, 7) is -0.440. The van der Waals surface area contributed by atoms with Gasteiger partial charge < -0.3 is 28.8 Å². The number of rotatable bonds is 10. The Hall–Kier alpha value is -6.27. The molecule has 1 aromatic heterocycles. The Bertz CT molecular complexity index is 2430. The molecule has 5 aromatic carbocycles. The first-order chi connectivity index (χ1) is 26.7. The van der Waals surface area contributed by atoms with Crippen molar-refractivity contribution in [2.24, 2.45) is 0 Å². The number of anilines is 1. The number of benzene rings is 5. The molecular weight excluding hydrogens is 747 g/mol. The molecule has 13 heteroatoms. The number of esters is 3. The molecule has 11 nitrogen and oxygen atoms in total. The minimum absolute atomic E-state index is 0.0461. The second kappa shape index (κ2) is 16.4. The van der Waals surface area contributed by atoms with Gasteiger partial charge in [-0.2, -0.15) is 0 Å². The largest absolute Gasteiger partial charge is 0.459 e. The number of nitrogens with zero attached hydrogens (tertiary/aromatic N) is 1. The molecule has 4 atom stereocenters. The number of fused-ring (bicyclic) bond motifs is 1. The lowest BCUT2D eigenvalue weighted by Crippen LogP contribution is -2.41. The lowest BCUT2D eigenvalue weighted by atomic mass is 10.1. The summed E-state index contributed by atoms with van der Waals surface area (Å²) in [4.78, 5) is 68.2. The van der Waals surface area contributed by atoms with Crippen LogP contribution in [0.5, 0.6) is 0 Å². The highest BCUT2D eigenvalue weighted by atomic mass is 35.5. The van der Waals surface area contributed by atoms with Gasteiger partial charge in [-0.3, -0.25) is 9.59 Å². The van der Waals surface area contributed by atoms with Gasteiger partial charge in [-0.05, 0) is 78.9 Å². The summed E-state index contributed by atoms with van der Waals surface area (Å²) < 4.78 is 25.8. The molecule has 1 saturated heterocycles. The van der Waals surface area contributed by atoms with E-state index in [1.807, 2.05) is 0 Å². The van der Waals surface area contributed by atoms with Gasteiger partial charge in [0.05, 0.1) is 22.2 Å². The van der Waals surface area contributed by atoms with Crippen molar-refractivity contribution >= 4 is 63.6 Å². The van der Waals surface area contributed by atoms with Crippen molar-refractivity contribution in [3.05, 3.63) is 182 Å². The summed E-state index contributed by atoms with van der Waals surface area (Å²) in [5.74, 6) is -2.99. The average molecular weight is 778 g/mol. The van der Waals surface area contributed by atoms with Crippen molar-refractivity contribution in [1.29, 1.82) is 0 Å². The molecule has 0 radical (unpaired) electrons. The Balaban J connectivity index is 1.34. The normalized spacial score (nSPS) is 17.6. The topological polar surface area (TPSA) is 139 Å². The highest BCUT2D eigenvalue weighted by Gasteiger charge is 2.51. The lowest BCUT2D eigenvalue weighted by molar-refractivity contribution is -0.0605. The number of carbonyl (C=O) groups is 4. The number of ether oxygens (including phenoxy) is 4. The van der Waals surface area contributed by atoms with Crippen molar-refractivity contribution in [2.45, 2.75) is 24.5 Å². The van der Waals surface area contributed by atoms with Gasteiger partial charge in [-0.1, -0.05) is 77.8 Å². The number of aromatic nitrogens is 1. The van der Waals surface area contributed by atoms with E-state index in [2.05, 4.69) is 5.32 Å². The first-order valence-electron chi connectivity index (χ1n) is 17.0.